The zero-order chi connectivity index (χ0) is 22.3. The number of imidazole rings is 1. The van der Waals surface area contributed by atoms with E-state index >= 15 is 0 Å². The smallest absolute Gasteiger partial charge is 0.257 e. The summed E-state index contributed by atoms with van der Waals surface area (Å²) >= 11 is 0. The van der Waals surface area contributed by atoms with E-state index in [-0.39, 0.29) is 24.0 Å². The van der Waals surface area contributed by atoms with Crippen molar-refractivity contribution in [2.75, 3.05) is 19.6 Å². The Morgan fingerprint density at radius 2 is 2.18 bits per heavy atom. The topological polar surface area (TPSA) is 84.4 Å². The van der Waals surface area contributed by atoms with Crippen LogP contribution >= 0.6 is 24.0 Å². The number of aromatic nitrogens is 4. The second-order valence-corrected chi connectivity index (χ2v) is 8.43. The molecule has 1 aliphatic rings. The van der Waals surface area contributed by atoms with Gasteiger partial charge in [-0.15, -0.1) is 24.0 Å². The molecule has 0 aliphatic carbocycles. The average molecular weight is 563 g/mol. The van der Waals surface area contributed by atoms with Crippen LogP contribution in [0.4, 0.5) is 0 Å². The number of aliphatic imine (C=N–C) groups is 1. The van der Waals surface area contributed by atoms with Crippen LogP contribution in [0.15, 0.2) is 52.5 Å². The normalized spacial score (nSPS) is 18.8. The molecule has 9 heteroatoms. The first kappa shape index (κ1) is 25.2. The fourth-order valence-corrected chi connectivity index (χ4v) is 4.19. The Balaban J connectivity index is 0.00000306. The summed E-state index contributed by atoms with van der Waals surface area (Å²) in [6.07, 6.45) is 8.78. The number of benzene rings is 1. The molecule has 1 aliphatic heterocycles. The maximum absolute atomic E-state index is 5.45. The van der Waals surface area contributed by atoms with Crippen molar-refractivity contribution < 1.29 is 4.52 Å². The molecule has 0 radical (unpaired) electrons. The van der Waals surface area contributed by atoms with Gasteiger partial charge in [-0.05, 0) is 43.4 Å². The lowest BCUT2D eigenvalue weighted by Crippen LogP contribution is -2.49. The van der Waals surface area contributed by atoms with Crippen molar-refractivity contribution in [1.82, 2.24) is 29.9 Å². The van der Waals surface area contributed by atoms with Crippen LogP contribution in [0.2, 0.25) is 0 Å². The lowest BCUT2D eigenvalue weighted by molar-refractivity contribution is 0.189. The first-order valence-electron chi connectivity index (χ1n) is 11.6. The second-order valence-electron chi connectivity index (χ2n) is 8.43. The molecule has 2 unspecified atom stereocenters. The monoisotopic (exact) mass is 563 g/mol. The standard InChI is InChI=1S/C24H33N7O.HI/c1-4-7-22-28-23(32-29-22)20-9-6-8-19(14-20)15-27-24(26-5-2)30-12-10-18(3)21(16-30)31-13-11-25-17-31;/h6,8-9,11,13-14,17-18,21H,4-5,7,10,12,15-16H2,1-3H3,(H,26,27);1H. The van der Waals surface area contributed by atoms with E-state index in [4.69, 9.17) is 9.52 Å². The van der Waals surface area contributed by atoms with Crippen molar-refractivity contribution in [3.63, 3.8) is 0 Å². The van der Waals surface area contributed by atoms with Crippen LogP contribution in [-0.4, -0.2) is 50.2 Å². The molecule has 1 aromatic carbocycles. The predicted octanol–water partition coefficient (Wildman–Crippen LogP) is 4.55. The lowest BCUT2D eigenvalue weighted by Gasteiger charge is -2.39. The van der Waals surface area contributed by atoms with Crippen molar-refractivity contribution in [3.05, 3.63) is 54.4 Å². The van der Waals surface area contributed by atoms with Gasteiger partial charge in [-0.1, -0.05) is 31.1 Å². The van der Waals surface area contributed by atoms with E-state index in [0.717, 1.165) is 61.8 Å². The lowest BCUT2D eigenvalue weighted by atomic mass is 9.93. The summed E-state index contributed by atoms with van der Waals surface area (Å²) in [7, 11) is 0. The number of likely N-dealkylation sites (tertiary alicyclic amines) is 1. The van der Waals surface area contributed by atoms with Crippen LogP contribution in [0.3, 0.4) is 0 Å². The summed E-state index contributed by atoms with van der Waals surface area (Å²) in [4.78, 5) is 16.1. The van der Waals surface area contributed by atoms with Gasteiger partial charge >= 0.3 is 0 Å². The first-order chi connectivity index (χ1) is 15.7. The molecular weight excluding hydrogens is 529 g/mol. The second kappa shape index (κ2) is 12.2. The summed E-state index contributed by atoms with van der Waals surface area (Å²) in [5.74, 6) is 2.89. The van der Waals surface area contributed by atoms with Crippen molar-refractivity contribution in [2.45, 2.75) is 52.6 Å². The third-order valence-electron chi connectivity index (χ3n) is 5.99. The van der Waals surface area contributed by atoms with Gasteiger partial charge in [-0.25, -0.2) is 9.98 Å². The number of nitrogens with one attached hydrogen (secondary N) is 1. The maximum atomic E-state index is 5.45. The summed E-state index contributed by atoms with van der Waals surface area (Å²) < 4.78 is 7.67. The molecule has 4 rings (SSSR count). The number of aryl methyl sites for hydroxylation is 1. The van der Waals surface area contributed by atoms with Crippen LogP contribution in [0, 0.1) is 5.92 Å². The third-order valence-corrected chi connectivity index (χ3v) is 5.99. The van der Waals surface area contributed by atoms with E-state index in [1.54, 1.807) is 0 Å². The van der Waals surface area contributed by atoms with Crippen molar-refractivity contribution in [2.24, 2.45) is 10.9 Å². The highest BCUT2D eigenvalue weighted by atomic mass is 127. The molecule has 0 spiro atoms. The summed E-state index contributed by atoms with van der Waals surface area (Å²) in [5, 5.41) is 7.55. The molecule has 8 nitrogen and oxygen atoms in total. The van der Waals surface area contributed by atoms with Gasteiger partial charge in [-0.3, -0.25) is 0 Å². The van der Waals surface area contributed by atoms with Gasteiger partial charge < -0.3 is 19.3 Å². The number of hydrogen-bond donors (Lipinski definition) is 1. The molecule has 0 bridgehead atoms. The maximum Gasteiger partial charge on any atom is 0.257 e. The highest BCUT2D eigenvalue weighted by Gasteiger charge is 2.28. The quantitative estimate of drug-likeness (QED) is 0.258. The summed E-state index contributed by atoms with van der Waals surface area (Å²) in [6.45, 7) is 9.89. The van der Waals surface area contributed by atoms with Gasteiger partial charge in [0.15, 0.2) is 11.8 Å². The van der Waals surface area contributed by atoms with Gasteiger partial charge in [-0.2, -0.15) is 4.98 Å². The molecular formula is C24H34IN7O. The largest absolute Gasteiger partial charge is 0.357 e. The van der Waals surface area contributed by atoms with E-state index < -0.39 is 0 Å². The zero-order valence-corrected chi connectivity index (χ0v) is 22.0. The van der Waals surface area contributed by atoms with Crippen LogP contribution in [0.25, 0.3) is 11.5 Å². The zero-order valence-electron chi connectivity index (χ0n) is 19.6. The SMILES string of the molecule is CCCc1noc(-c2cccc(CN=C(NCC)N3CCC(C)C(n4ccnc4)C3)c2)n1.I. The van der Waals surface area contributed by atoms with Gasteiger partial charge in [0.25, 0.3) is 5.89 Å². The fraction of sp³-hybridized carbons (Fsp3) is 0.500. The van der Waals surface area contributed by atoms with Gasteiger partial charge in [0.05, 0.1) is 18.9 Å². The molecule has 2 aromatic heterocycles. The third kappa shape index (κ3) is 6.33. The Kier molecular flexibility index (Phi) is 9.28. The minimum Gasteiger partial charge on any atom is -0.357 e. The number of hydrogen-bond acceptors (Lipinski definition) is 5. The Hall–Kier alpha value is -2.43. The molecule has 2 atom stereocenters. The van der Waals surface area contributed by atoms with E-state index in [0.29, 0.717) is 24.4 Å². The number of guanidine groups is 1. The van der Waals surface area contributed by atoms with E-state index in [1.165, 1.54) is 0 Å². The Bertz CT molecular complexity index is 1020. The molecule has 1 saturated heterocycles. The van der Waals surface area contributed by atoms with Gasteiger partial charge in [0.1, 0.15) is 0 Å². The highest BCUT2D eigenvalue weighted by Crippen LogP contribution is 2.27. The molecule has 0 saturated carbocycles. The Labute approximate surface area is 212 Å². The minimum absolute atomic E-state index is 0. The van der Waals surface area contributed by atoms with Crippen LogP contribution in [0.5, 0.6) is 0 Å². The van der Waals surface area contributed by atoms with Crippen molar-refractivity contribution in [3.8, 4) is 11.5 Å². The van der Waals surface area contributed by atoms with E-state index in [2.05, 4.69) is 69.0 Å². The van der Waals surface area contributed by atoms with Crippen molar-refractivity contribution in [1.29, 1.82) is 0 Å². The van der Waals surface area contributed by atoms with E-state index in [9.17, 15) is 0 Å². The molecule has 1 fully saturated rings. The number of rotatable bonds is 7. The summed E-state index contributed by atoms with van der Waals surface area (Å²) in [5.41, 5.74) is 2.05. The Morgan fingerprint density at radius 1 is 1.30 bits per heavy atom. The number of nitrogens with zero attached hydrogens (tertiary/aromatic N) is 6. The molecule has 3 heterocycles. The first-order valence-corrected chi connectivity index (χ1v) is 11.6. The molecule has 33 heavy (non-hydrogen) atoms. The molecule has 1 N–H and O–H groups in total. The van der Waals surface area contributed by atoms with Crippen molar-refractivity contribution >= 4 is 29.9 Å². The predicted molar refractivity (Wildman–Crippen MR) is 141 cm³/mol. The number of piperidine rings is 1. The average Bonchev–Trinajstić information content (AvgIpc) is 3.50. The number of halogens is 1. The van der Waals surface area contributed by atoms with Gasteiger partial charge in [0, 0.05) is 44.0 Å². The molecule has 178 valence electrons. The summed E-state index contributed by atoms with van der Waals surface area (Å²) in [6, 6.07) is 8.60. The van der Waals surface area contributed by atoms with Crippen LogP contribution in [0.1, 0.15) is 51.0 Å². The highest BCUT2D eigenvalue weighted by molar-refractivity contribution is 14.0. The Morgan fingerprint density at radius 3 is 2.94 bits per heavy atom. The molecule has 0 amide bonds. The van der Waals surface area contributed by atoms with E-state index in [1.807, 2.05) is 24.7 Å². The fourth-order valence-electron chi connectivity index (χ4n) is 4.19. The van der Waals surface area contributed by atoms with Gasteiger partial charge in [0.2, 0.25) is 0 Å². The van der Waals surface area contributed by atoms with Crippen LogP contribution < -0.4 is 5.32 Å². The van der Waals surface area contributed by atoms with Crippen LogP contribution in [-0.2, 0) is 13.0 Å². The molecule has 3 aromatic rings. The minimum atomic E-state index is 0.